The van der Waals surface area contributed by atoms with E-state index in [0.717, 1.165) is 55.6 Å². The van der Waals surface area contributed by atoms with E-state index in [9.17, 15) is 0 Å². The fourth-order valence-corrected chi connectivity index (χ4v) is 2.85. The van der Waals surface area contributed by atoms with Gasteiger partial charge in [-0.1, -0.05) is 35.5 Å². The maximum Gasteiger partial charge on any atom is 0.213 e. The molecule has 0 atom stereocenters. The molecule has 0 bridgehead atoms. The van der Waals surface area contributed by atoms with Crippen LogP contribution in [0.1, 0.15) is 5.82 Å². The Morgan fingerprint density at radius 3 is 2.42 bits per heavy atom. The van der Waals surface area contributed by atoms with Crippen LogP contribution in [0.15, 0.2) is 53.4 Å². The SMILES string of the molecule is c1ccc(-c2ccc(N3CCN(Cc4ncon4)CC3)nn2)cc1. The van der Waals surface area contributed by atoms with Gasteiger partial charge in [0.1, 0.15) is 0 Å². The lowest BCUT2D eigenvalue weighted by Gasteiger charge is -2.34. The summed E-state index contributed by atoms with van der Waals surface area (Å²) in [7, 11) is 0. The highest BCUT2D eigenvalue weighted by Gasteiger charge is 2.19. The van der Waals surface area contributed by atoms with Gasteiger partial charge in [0.05, 0.1) is 12.2 Å². The first-order valence-electron chi connectivity index (χ1n) is 8.00. The van der Waals surface area contributed by atoms with Gasteiger partial charge in [0.25, 0.3) is 0 Å². The normalized spacial score (nSPS) is 15.6. The predicted molar refractivity (Wildman–Crippen MR) is 89.3 cm³/mol. The van der Waals surface area contributed by atoms with Gasteiger partial charge in [-0.2, -0.15) is 4.98 Å². The lowest BCUT2D eigenvalue weighted by Crippen LogP contribution is -2.46. The Morgan fingerprint density at radius 2 is 1.75 bits per heavy atom. The zero-order chi connectivity index (χ0) is 16.2. The molecule has 1 saturated heterocycles. The predicted octanol–water partition coefficient (Wildman–Crippen LogP) is 1.85. The van der Waals surface area contributed by atoms with Gasteiger partial charge in [0.15, 0.2) is 11.6 Å². The minimum absolute atomic E-state index is 0.725. The molecule has 2 aromatic heterocycles. The van der Waals surface area contributed by atoms with Crippen LogP contribution in [-0.2, 0) is 6.54 Å². The highest BCUT2D eigenvalue weighted by atomic mass is 16.5. The second-order valence-corrected chi connectivity index (χ2v) is 5.75. The molecule has 0 radical (unpaired) electrons. The Hall–Kier alpha value is -2.80. The number of benzene rings is 1. The summed E-state index contributed by atoms with van der Waals surface area (Å²) in [4.78, 5) is 8.64. The maximum absolute atomic E-state index is 4.78. The maximum atomic E-state index is 4.78. The number of piperazine rings is 1. The minimum Gasteiger partial charge on any atom is -0.353 e. The second kappa shape index (κ2) is 6.76. The van der Waals surface area contributed by atoms with E-state index in [1.165, 1.54) is 6.39 Å². The first-order chi connectivity index (χ1) is 11.9. The Morgan fingerprint density at radius 1 is 0.917 bits per heavy atom. The van der Waals surface area contributed by atoms with Gasteiger partial charge in [-0.15, -0.1) is 10.2 Å². The summed E-state index contributed by atoms with van der Waals surface area (Å²) in [5.74, 6) is 1.66. The minimum atomic E-state index is 0.725. The topological polar surface area (TPSA) is 71.2 Å². The van der Waals surface area contributed by atoms with Gasteiger partial charge in [-0.25, -0.2) is 0 Å². The zero-order valence-electron chi connectivity index (χ0n) is 13.2. The van der Waals surface area contributed by atoms with Crippen molar-refractivity contribution in [2.75, 3.05) is 31.1 Å². The molecule has 3 aromatic rings. The first kappa shape index (κ1) is 14.8. The van der Waals surface area contributed by atoms with E-state index >= 15 is 0 Å². The fourth-order valence-electron chi connectivity index (χ4n) is 2.85. The van der Waals surface area contributed by atoms with Crippen molar-refractivity contribution < 1.29 is 4.52 Å². The van der Waals surface area contributed by atoms with Crippen molar-refractivity contribution in [1.82, 2.24) is 25.2 Å². The monoisotopic (exact) mass is 322 g/mol. The Balaban J connectivity index is 1.37. The highest BCUT2D eigenvalue weighted by molar-refractivity contribution is 5.59. The van der Waals surface area contributed by atoms with Crippen molar-refractivity contribution in [3.05, 3.63) is 54.7 Å². The number of rotatable bonds is 4. The van der Waals surface area contributed by atoms with E-state index in [0.29, 0.717) is 0 Å². The number of hydrogen-bond donors (Lipinski definition) is 0. The van der Waals surface area contributed by atoms with Crippen molar-refractivity contribution in [2.24, 2.45) is 0 Å². The van der Waals surface area contributed by atoms with E-state index < -0.39 is 0 Å². The van der Waals surface area contributed by atoms with Crippen LogP contribution in [0, 0.1) is 0 Å². The quantitative estimate of drug-likeness (QED) is 0.726. The third-order valence-corrected chi connectivity index (χ3v) is 4.19. The largest absolute Gasteiger partial charge is 0.353 e. The van der Waals surface area contributed by atoms with Crippen molar-refractivity contribution >= 4 is 5.82 Å². The van der Waals surface area contributed by atoms with Crippen molar-refractivity contribution in [2.45, 2.75) is 6.54 Å². The summed E-state index contributed by atoms with van der Waals surface area (Å²) in [6.07, 6.45) is 1.37. The molecule has 0 spiro atoms. The number of aromatic nitrogens is 4. The van der Waals surface area contributed by atoms with Crippen molar-refractivity contribution in [1.29, 1.82) is 0 Å². The summed E-state index contributed by atoms with van der Waals surface area (Å²) in [5.41, 5.74) is 1.98. The van der Waals surface area contributed by atoms with Gasteiger partial charge in [-0.05, 0) is 12.1 Å². The van der Waals surface area contributed by atoms with E-state index in [1.54, 1.807) is 0 Å². The standard InChI is InChI=1S/C17H18N6O/c1-2-4-14(5-3-1)15-6-7-17(20-19-15)23-10-8-22(9-11-23)12-16-18-13-24-21-16/h1-7,13H,8-12H2. The summed E-state index contributed by atoms with van der Waals surface area (Å²) in [6, 6.07) is 14.2. The van der Waals surface area contributed by atoms with E-state index in [4.69, 9.17) is 4.52 Å². The summed E-state index contributed by atoms with van der Waals surface area (Å²) in [6.45, 7) is 4.44. The molecular weight excluding hydrogens is 304 g/mol. The smallest absolute Gasteiger partial charge is 0.213 e. The van der Waals surface area contributed by atoms with Crippen molar-refractivity contribution in [3.63, 3.8) is 0 Å². The van der Waals surface area contributed by atoms with Gasteiger partial charge >= 0.3 is 0 Å². The van der Waals surface area contributed by atoms with Crippen LogP contribution in [-0.4, -0.2) is 51.4 Å². The van der Waals surface area contributed by atoms with Crippen molar-refractivity contribution in [3.8, 4) is 11.3 Å². The third kappa shape index (κ3) is 3.26. The number of anilines is 1. The molecule has 3 heterocycles. The molecule has 4 rings (SSSR count). The molecule has 1 fully saturated rings. The molecule has 0 aliphatic carbocycles. The Labute approximate surface area is 139 Å². The number of nitrogens with zero attached hydrogens (tertiary/aromatic N) is 6. The van der Waals surface area contributed by atoms with Crippen LogP contribution in [0.4, 0.5) is 5.82 Å². The van der Waals surface area contributed by atoms with Gasteiger partial charge < -0.3 is 9.42 Å². The second-order valence-electron chi connectivity index (χ2n) is 5.75. The molecule has 0 N–H and O–H groups in total. The van der Waals surface area contributed by atoms with Gasteiger partial charge in [0.2, 0.25) is 6.39 Å². The zero-order valence-corrected chi connectivity index (χ0v) is 13.2. The van der Waals surface area contributed by atoms with Crippen LogP contribution in [0.3, 0.4) is 0 Å². The summed E-state index contributed by atoms with van der Waals surface area (Å²) < 4.78 is 4.78. The van der Waals surface area contributed by atoms with Gasteiger partial charge in [0, 0.05) is 31.7 Å². The molecule has 1 aromatic carbocycles. The molecule has 122 valence electrons. The van der Waals surface area contributed by atoms with Crippen LogP contribution in [0.25, 0.3) is 11.3 Å². The molecular formula is C17H18N6O. The molecule has 0 amide bonds. The average Bonchev–Trinajstić information content (AvgIpc) is 3.16. The molecule has 0 unspecified atom stereocenters. The van der Waals surface area contributed by atoms with Crippen LogP contribution < -0.4 is 4.90 Å². The third-order valence-electron chi connectivity index (χ3n) is 4.19. The van der Waals surface area contributed by atoms with Crippen LogP contribution in [0.2, 0.25) is 0 Å². The first-order valence-corrected chi connectivity index (χ1v) is 8.00. The lowest BCUT2D eigenvalue weighted by molar-refractivity contribution is 0.239. The van der Waals surface area contributed by atoms with E-state index in [2.05, 4.69) is 30.1 Å². The van der Waals surface area contributed by atoms with Crippen LogP contribution in [0.5, 0.6) is 0 Å². The molecule has 1 aliphatic rings. The lowest BCUT2D eigenvalue weighted by atomic mass is 10.1. The van der Waals surface area contributed by atoms with Crippen LogP contribution >= 0.6 is 0 Å². The number of hydrogen-bond acceptors (Lipinski definition) is 7. The molecule has 24 heavy (non-hydrogen) atoms. The van der Waals surface area contributed by atoms with E-state index in [-0.39, 0.29) is 0 Å². The van der Waals surface area contributed by atoms with Gasteiger partial charge in [-0.3, -0.25) is 4.90 Å². The Kier molecular flexibility index (Phi) is 4.16. The van der Waals surface area contributed by atoms with E-state index in [1.807, 2.05) is 42.5 Å². The molecule has 1 aliphatic heterocycles. The molecule has 0 saturated carbocycles. The molecule has 7 heteroatoms. The highest BCUT2D eigenvalue weighted by Crippen LogP contribution is 2.19. The fraction of sp³-hybridized carbons (Fsp3) is 0.294. The Bertz CT molecular complexity index is 752. The summed E-state index contributed by atoms with van der Waals surface area (Å²) >= 11 is 0. The summed E-state index contributed by atoms with van der Waals surface area (Å²) in [5, 5.41) is 12.6. The average molecular weight is 322 g/mol. The molecule has 7 nitrogen and oxygen atoms in total.